The molecule has 24 heavy (non-hydrogen) atoms. The number of benzene rings is 1. The van der Waals surface area contributed by atoms with Crippen LogP contribution >= 0.6 is 0 Å². The third-order valence-electron chi connectivity index (χ3n) is 4.22. The van der Waals surface area contributed by atoms with Crippen LogP contribution in [0.2, 0.25) is 0 Å². The van der Waals surface area contributed by atoms with Gasteiger partial charge in [-0.25, -0.2) is 4.98 Å². The van der Waals surface area contributed by atoms with Gasteiger partial charge in [0.2, 0.25) is 5.56 Å². The van der Waals surface area contributed by atoms with E-state index in [1.54, 1.807) is 6.07 Å². The molecule has 3 rings (SSSR count). The molecule has 0 unspecified atom stereocenters. The number of amides is 1. The zero-order valence-electron chi connectivity index (χ0n) is 14.0. The predicted octanol–water partition coefficient (Wildman–Crippen LogP) is 2.06. The first-order valence-corrected chi connectivity index (χ1v) is 7.92. The Morgan fingerprint density at radius 1 is 1.29 bits per heavy atom. The van der Waals surface area contributed by atoms with Crippen molar-refractivity contribution in [3.63, 3.8) is 0 Å². The molecular weight excluding hydrogens is 304 g/mol. The minimum atomic E-state index is -0.195. The van der Waals surface area contributed by atoms with Gasteiger partial charge in [-0.05, 0) is 37.1 Å². The molecule has 0 saturated heterocycles. The van der Waals surface area contributed by atoms with Gasteiger partial charge in [-0.1, -0.05) is 13.0 Å². The summed E-state index contributed by atoms with van der Waals surface area (Å²) in [6.45, 7) is 4.27. The van der Waals surface area contributed by atoms with Crippen LogP contribution in [0.3, 0.4) is 0 Å². The third kappa shape index (κ3) is 2.95. The topological polar surface area (TPSA) is 79.8 Å². The summed E-state index contributed by atoms with van der Waals surface area (Å²) >= 11 is 0. The number of rotatable bonds is 4. The number of nitrogens with one attached hydrogen (secondary N) is 2. The minimum absolute atomic E-state index is 0.194. The van der Waals surface area contributed by atoms with Gasteiger partial charge in [-0.15, -0.1) is 0 Å². The van der Waals surface area contributed by atoms with Crippen LogP contribution < -0.4 is 10.9 Å². The van der Waals surface area contributed by atoms with Crippen LogP contribution in [0, 0.1) is 6.92 Å². The lowest BCUT2D eigenvalue weighted by atomic mass is 10.1. The van der Waals surface area contributed by atoms with E-state index in [4.69, 9.17) is 0 Å². The maximum absolute atomic E-state index is 12.4. The lowest BCUT2D eigenvalue weighted by molar-refractivity contribution is 0.0949. The molecule has 124 valence electrons. The fraction of sp³-hybridized carbons (Fsp3) is 0.278. The molecule has 0 aliphatic rings. The normalized spacial score (nSPS) is 11.0. The number of pyridine rings is 1. The Hall–Kier alpha value is -2.89. The van der Waals surface area contributed by atoms with Crippen LogP contribution in [0.4, 0.5) is 0 Å². The summed E-state index contributed by atoms with van der Waals surface area (Å²) in [7, 11) is 1.98. The summed E-state index contributed by atoms with van der Waals surface area (Å²) < 4.78 is 2.03. The Labute approximate surface area is 139 Å². The molecule has 0 fully saturated rings. The van der Waals surface area contributed by atoms with Gasteiger partial charge in [0, 0.05) is 25.4 Å². The van der Waals surface area contributed by atoms with E-state index in [0.717, 1.165) is 22.4 Å². The fourth-order valence-electron chi connectivity index (χ4n) is 2.76. The number of nitrogens with zero attached hydrogens (tertiary/aromatic N) is 2. The molecule has 0 saturated carbocycles. The molecule has 3 aromatic rings. The van der Waals surface area contributed by atoms with E-state index < -0.39 is 0 Å². The number of hydrogen-bond acceptors (Lipinski definition) is 3. The molecule has 0 radical (unpaired) electrons. The van der Waals surface area contributed by atoms with E-state index in [0.29, 0.717) is 24.2 Å². The molecule has 2 N–H and O–H groups in total. The summed E-state index contributed by atoms with van der Waals surface area (Å²) in [5, 5.41) is 2.90. The van der Waals surface area contributed by atoms with Crippen molar-refractivity contribution < 1.29 is 4.79 Å². The summed E-state index contributed by atoms with van der Waals surface area (Å²) in [6.07, 6.45) is 0.595. The second kappa shape index (κ2) is 6.31. The van der Waals surface area contributed by atoms with Gasteiger partial charge >= 0.3 is 0 Å². The van der Waals surface area contributed by atoms with Crippen molar-refractivity contribution in [3.05, 3.63) is 63.3 Å². The number of hydrogen-bond donors (Lipinski definition) is 2. The average molecular weight is 324 g/mol. The van der Waals surface area contributed by atoms with E-state index in [1.165, 1.54) is 6.07 Å². The third-order valence-corrected chi connectivity index (χ3v) is 4.22. The quantitative estimate of drug-likeness (QED) is 0.771. The second-order valence-electron chi connectivity index (χ2n) is 5.79. The Kier molecular flexibility index (Phi) is 4.20. The molecule has 0 bridgehead atoms. The number of aromatic amines is 1. The fourth-order valence-corrected chi connectivity index (χ4v) is 2.76. The van der Waals surface area contributed by atoms with Crippen molar-refractivity contribution in [1.82, 2.24) is 19.9 Å². The van der Waals surface area contributed by atoms with Gasteiger partial charge in [-0.3, -0.25) is 9.59 Å². The molecule has 0 atom stereocenters. The highest BCUT2D eigenvalue weighted by Crippen LogP contribution is 2.16. The Morgan fingerprint density at radius 3 is 2.83 bits per heavy atom. The Bertz CT molecular complexity index is 969. The smallest absolute Gasteiger partial charge is 0.253 e. The average Bonchev–Trinajstić information content (AvgIpc) is 2.86. The molecule has 0 aliphatic heterocycles. The molecule has 6 nitrogen and oxygen atoms in total. The number of fused-ring (bicyclic) bond motifs is 1. The van der Waals surface area contributed by atoms with E-state index >= 15 is 0 Å². The SMILES string of the molecule is CCc1[nH]c(=O)ccc1C(=O)NCc1ccc2c(c1)nc(C)n2C. The molecule has 1 amide bonds. The van der Waals surface area contributed by atoms with E-state index in [9.17, 15) is 9.59 Å². The Morgan fingerprint density at radius 2 is 2.08 bits per heavy atom. The van der Waals surface area contributed by atoms with Crippen LogP contribution in [-0.2, 0) is 20.0 Å². The molecule has 2 aromatic heterocycles. The van der Waals surface area contributed by atoms with Gasteiger partial charge in [0.25, 0.3) is 5.91 Å². The molecular formula is C18H20N4O2. The van der Waals surface area contributed by atoms with E-state index in [2.05, 4.69) is 15.3 Å². The zero-order chi connectivity index (χ0) is 17.3. The lowest BCUT2D eigenvalue weighted by Crippen LogP contribution is -2.25. The summed E-state index contributed by atoms with van der Waals surface area (Å²) in [4.78, 5) is 31.0. The number of carbonyl (C=O) groups excluding carboxylic acids is 1. The largest absolute Gasteiger partial charge is 0.348 e. The number of aromatic nitrogens is 3. The highest BCUT2D eigenvalue weighted by molar-refractivity contribution is 5.95. The van der Waals surface area contributed by atoms with Crippen LogP contribution in [0.15, 0.2) is 35.1 Å². The van der Waals surface area contributed by atoms with Crippen molar-refractivity contribution in [2.75, 3.05) is 0 Å². The van der Waals surface area contributed by atoms with E-state index in [1.807, 2.05) is 43.7 Å². The number of aryl methyl sites for hydroxylation is 3. The molecule has 0 aliphatic carbocycles. The van der Waals surface area contributed by atoms with Gasteiger partial charge < -0.3 is 14.9 Å². The monoisotopic (exact) mass is 324 g/mol. The van der Waals surface area contributed by atoms with Crippen molar-refractivity contribution in [2.24, 2.45) is 7.05 Å². The predicted molar refractivity (Wildman–Crippen MR) is 93.1 cm³/mol. The molecule has 1 aromatic carbocycles. The van der Waals surface area contributed by atoms with Gasteiger partial charge in [0.15, 0.2) is 0 Å². The first-order chi connectivity index (χ1) is 11.5. The van der Waals surface area contributed by atoms with Crippen LogP contribution in [-0.4, -0.2) is 20.4 Å². The molecule has 6 heteroatoms. The minimum Gasteiger partial charge on any atom is -0.348 e. The first-order valence-electron chi connectivity index (χ1n) is 7.92. The summed E-state index contributed by atoms with van der Waals surface area (Å²) in [6, 6.07) is 8.91. The van der Waals surface area contributed by atoms with Crippen molar-refractivity contribution in [3.8, 4) is 0 Å². The lowest BCUT2D eigenvalue weighted by Gasteiger charge is -2.09. The standard InChI is InChI=1S/C18H20N4O2/c1-4-14-13(6-8-17(23)21-14)18(24)19-10-12-5-7-16-15(9-12)20-11(2)22(16)3/h5-9H,4,10H2,1-3H3,(H,19,24)(H,21,23). The zero-order valence-corrected chi connectivity index (χ0v) is 14.0. The highest BCUT2D eigenvalue weighted by Gasteiger charge is 2.11. The maximum Gasteiger partial charge on any atom is 0.253 e. The number of carbonyl (C=O) groups is 1. The van der Waals surface area contributed by atoms with Crippen molar-refractivity contribution >= 4 is 16.9 Å². The van der Waals surface area contributed by atoms with Crippen molar-refractivity contribution in [1.29, 1.82) is 0 Å². The maximum atomic E-state index is 12.4. The molecule has 0 spiro atoms. The van der Waals surface area contributed by atoms with Gasteiger partial charge in [0.1, 0.15) is 5.82 Å². The number of H-pyrrole nitrogens is 1. The highest BCUT2D eigenvalue weighted by atomic mass is 16.1. The van der Waals surface area contributed by atoms with Crippen molar-refractivity contribution in [2.45, 2.75) is 26.8 Å². The van der Waals surface area contributed by atoms with Crippen LogP contribution in [0.5, 0.6) is 0 Å². The Balaban J connectivity index is 1.78. The van der Waals surface area contributed by atoms with Crippen LogP contribution in [0.25, 0.3) is 11.0 Å². The van der Waals surface area contributed by atoms with E-state index in [-0.39, 0.29) is 11.5 Å². The summed E-state index contributed by atoms with van der Waals surface area (Å²) in [5.74, 6) is 0.757. The van der Waals surface area contributed by atoms with Gasteiger partial charge in [0.05, 0.1) is 16.6 Å². The second-order valence-corrected chi connectivity index (χ2v) is 5.79. The first kappa shape index (κ1) is 16.0. The van der Waals surface area contributed by atoms with Crippen LogP contribution in [0.1, 0.15) is 34.4 Å². The molecule has 2 heterocycles. The number of imidazole rings is 1. The van der Waals surface area contributed by atoms with Gasteiger partial charge in [-0.2, -0.15) is 0 Å². The summed E-state index contributed by atoms with van der Waals surface area (Å²) in [5.41, 5.74) is 3.93.